The van der Waals surface area contributed by atoms with Gasteiger partial charge in [0.25, 0.3) is 0 Å². The van der Waals surface area contributed by atoms with E-state index in [1.165, 1.54) is 0 Å². The van der Waals surface area contributed by atoms with Gasteiger partial charge in [0.1, 0.15) is 0 Å². The van der Waals surface area contributed by atoms with E-state index in [0.717, 1.165) is 37.3 Å². The summed E-state index contributed by atoms with van der Waals surface area (Å²) in [6.45, 7) is 1.52. The monoisotopic (exact) mass is 324 g/mol. The van der Waals surface area contributed by atoms with Crippen LogP contribution < -0.4 is 10.6 Å². The van der Waals surface area contributed by atoms with Crippen LogP contribution in [0.25, 0.3) is 0 Å². The van der Waals surface area contributed by atoms with Crippen LogP contribution >= 0.6 is 0 Å². The van der Waals surface area contributed by atoms with Gasteiger partial charge in [-0.1, -0.05) is 48.5 Å². The average molecular weight is 324 g/mol. The summed E-state index contributed by atoms with van der Waals surface area (Å²) in [5.41, 5.74) is 1.99. The number of para-hydroxylation sites is 1. The summed E-state index contributed by atoms with van der Waals surface area (Å²) in [5, 5.41) is 6.55. The highest BCUT2D eigenvalue weighted by Gasteiger charge is 2.24. The molecule has 1 atom stereocenters. The van der Waals surface area contributed by atoms with E-state index < -0.39 is 0 Å². The Morgan fingerprint density at radius 2 is 1.62 bits per heavy atom. The van der Waals surface area contributed by atoms with E-state index in [0.29, 0.717) is 12.5 Å². The van der Waals surface area contributed by atoms with Crippen LogP contribution in [-0.4, -0.2) is 31.2 Å². The molecule has 0 aromatic heterocycles. The van der Waals surface area contributed by atoms with Crippen molar-refractivity contribution in [3.05, 3.63) is 66.2 Å². The van der Waals surface area contributed by atoms with Crippen molar-refractivity contribution in [2.24, 2.45) is 0 Å². The maximum atomic E-state index is 12.8. The van der Waals surface area contributed by atoms with Crippen LogP contribution in [-0.2, 0) is 16.0 Å². The van der Waals surface area contributed by atoms with Crippen molar-refractivity contribution in [1.29, 1.82) is 0 Å². The topological polar surface area (TPSA) is 50.4 Å². The smallest absolute Gasteiger partial charge is 0.241 e. The maximum absolute atomic E-state index is 12.8. The summed E-state index contributed by atoms with van der Waals surface area (Å²) in [4.78, 5) is 12.8. The van der Waals surface area contributed by atoms with Crippen molar-refractivity contribution in [2.45, 2.75) is 31.3 Å². The van der Waals surface area contributed by atoms with Crippen LogP contribution in [0.3, 0.4) is 0 Å². The lowest BCUT2D eigenvalue weighted by molar-refractivity contribution is -0.118. The fourth-order valence-electron chi connectivity index (χ4n) is 2.98. The number of benzene rings is 2. The molecule has 2 aromatic carbocycles. The Morgan fingerprint density at radius 3 is 2.29 bits per heavy atom. The Balaban J connectivity index is 1.69. The van der Waals surface area contributed by atoms with Crippen LogP contribution in [0.2, 0.25) is 0 Å². The summed E-state index contributed by atoms with van der Waals surface area (Å²) < 4.78 is 5.42. The van der Waals surface area contributed by atoms with Crippen molar-refractivity contribution >= 4 is 11.6 Å². The SMILES string of the molecule is O=C(Nc1ccccc1)[C@H](Cc1ccccc1)NC1CCOCC1. The Morgan fingerprint density at radius 1 is 1.00 bits per heavy atom. The third-order valence-electron chi connectivity index (χ3n) is 4.30. The Kier molecular flexibility index (Phi) is 5.99. The number of ether oxygens (including phenoxy) is 1. The van der Waals surface area contributed by atoms with E-state index in [9.17, 15) is 4.79 Å². The van der Waals surface area contributed by atoms with Gasteiger partial charge in [-0.05, 0) is 37.0 Å². The fraction of sp³-hybridized carbons (Fsp3) is 0.350. The minimum Gasteiger partial charge on any atom is -0.381 e. The minimum absolute atomic E-state index is 0.0107. The second-order valence-corrected chi connectivity index (χ2v) is 6.15. The van der Waals surface area contributed by atoms with Crippen LogP contribution in [0.4, 0.5) is 5.69 Å². The third kappa shape index (κ3) is 4.91. The van der Waals surface area contributed by atoms with E-state index in [2.05, 4.69) is 22.8 Å². The van der Waals surface area contributed by atoms with Crippen LogP contribution in [0.1, 0.15) is 18.4 Å². The Hall–Kier alpha value is -2.17. The Labute approximate surface area is 143 Å². The summed E-state index contributed by atoms with van der Waals surface area (Å²) in [6.07, 6.45) is 2.57. The molecule has 2 N–H and O–H groups in total. The van der Waals surface area contributed by atoms with Crippen LogP contribution in [0.15, 0.2) is 60.7 Å². The number of amides is 1. The first kappa shape index (κ1) is 16.7. The molecule has 4 heteroatoms. The summed E-state index contributed by atoms with van der Waals surface area (Å²) >= 11 is 0. The zero-order valence-corrected chi connectivity index (χ0v) is 13.8. The van der Waals surface area contributed by atoms with Crippen molar-refractivity contribution in [2.75, 3.05) is 18.5 Å². The number of nitrogens with one attached hydrogen (secondary N) is 2. The highest BCUT2D eigenvalue weighted by atomic mass is 16.5. The van der Waals surface area contributed by atoms with E-state index in [1.54, 1.807) is 0 Å². The van der Waals surface area contributed by atoms with E-state index in [1.807, 2.05) is 48.5 Å². The second kappa shape index (κ2) is 8.62. The standard InChI is InChI=1S/C20H24N2O2/c23-20(22-17-9-5-2-6-10-17)19(15-16-7-3-1-4-8-16)21-18-11-13-24-14-12-18/h1-10,18-19,21H,11-15H2,(H,22,23)/t19-/m0/s1. The van der Waals surface area contributed by atoms with Crippen molar-refractivity contribution in [1.82, 2.24) is 5.32 Å². The normalized spacial score (nSPS) is 16.5. The molecule has 1 amide bonds. The van der Waals surface area contributed by atoms with Gasteiger partial charge in [0.05, 0.1) is 6.04 Å². The highest BCUT2D eigenvalue weighted by Crippen LogP contribution is 2.12. The molecule has 0 radical (unpaired) electrons. The van der Waals surface area contributed by atoms with Gasteiger partial charge in [-0.2, -0.15) is 0 Å². The predicted octanol–water partition coefficient (Wildman–Crippen LogP) is 3.01. The van der Waals surface area contributed by atoms with Crippen molar-refractivity contribution in [3.63, 3.8) is 0 Å². The molecular formula is C20H24N2O2. The van der Waals surface area contributed by atoms with Gasteiger partial charge in [0.15, 0.2) is 0 Å². The lowest BCUT2D eigenvalue weighted by Crippen LogP contribution is -2.48. The zero-order valence-electron chi connectivity index (χ0n) is 13.8. The zero-order chi connectivity index (χ0) is 16.6. The largest absolute Gasteiger partial charge is 0.381 e. The molecule has 4 nitrogen and oxygen atoms in total. The number of carbonyl (C=O) groups excluding carboxylic acids is 1. The highest BCUT2D eigenvalue weighted by molar-refractivity contribution is 5.95. The van der Waals surface area contributed by atoms with Gasteiger partial charge in [-0.3, -0.25) is 4.79 Å². The van der Waals surface area contributed by atoms with Gasteiger partial charge >= 0.3 is 0 Å². The maximum Gasteiger partial charge on any atom is 0.241 e. The molecule has 2 aromatic rings. The summed E-state index contributed by atoms with van der Waals surface area (Å²) in [5.74, 6) is 0.0107. The molecule has 1 heterocycles. The molecular weight excluding hydrogens is 300 g/mol. The Bertz CT molecular complexity index is 625. The lowest BCUT2D eigenvalue weighted by atomic mass is 10.0. The first-order valence-electron chi connectivity index (χ1n) is 8.55. The predicted molar refractivity (Wildman–Crippen MR) is 96.0 cm³/mol. The van der Waals surface area contributed by atoms with Crippen LogP contribution in [0.5, 0.6) is 0 Å². The lowest BCUT2D eigenvalue weighted by Gasteiger charge is -2.28. The molecule has 1 fully saturated rings. The van der Waals surface area contributed by atoms with Crippen molar-refractivity contribution in [3.8, 4) is 0 Å². The first-order chi connectivity index (χ1) is 11.8. The van der Waals surface area contributed by atoms with Gasteiger partial charge in [0, 0.05) is 24.9 Å². The molecule has 1 aliphatic rings. The molecule has 0 aliphatic carbocycles. The fourth-order valence-corrected chi connectivity index (χ4v) is 2.98. The number of hydrogen-bond donors (Lipinski definition) is 2. The quantitative estimate of drug-likeness (QED) is 0.859. The first-order valence-corrected chi connectivity index (χ1v) is 8.55. The molecule has 1 saturated heterocycles. The molecule has 126 valence electrons. The summed E-state index contributed by atoms with van der Waals surface area (Å²) in [7, 11) is 0. The molecule has 0 spiro atoms. The van der Waals surface area contributed by atoms with E-state index in [-0.39, 0.29) is 11.9 Å². The van der Waals surface area contributed by atoms with E-state index in [4.69, 9.17) is 4.74 Å². The average Bonchev–Trinajstić information content (AvgIpc) is 2.64. The second-order valence-electron chi connectivity index (χ2n) is 6.15. The minimum atomic E-state index is -0.254. The van der Waals surface area contributed by atoms with Crippen molar-refractivity contribution < 1.29 is 9.53 Å². The van der Waals surface area contributed by atoms with Gasteiger partial charge in [-0.25, -0.2) is 0 Å². The van der Waals surface area contributed by atoms with E-state index >= 15 is 0 Å². The third-order valence-corrected chi connectivity index (χ3v) is 4.30. The molecule has 0 bridgehead atoms. The molecule has 0 unspecified atom stereocenters. The molecule has 24 heavy (non-hydrogen) atoms. The molecule has 3 rings (SSSR count). The molecule has 1 aliphatic heterocycles. The van der Waals surface area contributed by atoms with Gasteiger partial charge in [-0.15, -0.1) is 0 Å². The number of anilines is 1. The van der Waals surface area contributed by atoms with Crippen LogP contribution in [0, 0.1) is 0 Å². The number of hydrogen-bond acceptors (Lipinski definition) is 3. The van der Waals surface area contributed by atoms with Gasteiger partial charge in [0.2, 0.25) is 5.91 Å². The number of carbonyl (C=O) groups is 1. The number of rotatable bonds is 6. The molecule has 0 saturated carbocycles. The summed E-state index contributed by atoms with van der Waals surface area (Å²) in [6, 6.07) is 19.8. The van der Waals surface area contributed by atoms with Gasteiger partial charge < -0.3 is 15.4 Å².